The third-order valence-electron chi connectivity index (χ3n) is 0.812. The first-order valence-electron chi connectivity index (χ1n) is 3.60. The quantitative estimate of drug-likeness (QED) is 0.612. The molecule has 66 valence electrons. The number of carbonyl (C=O) groups is 1. The number of aliphatic carboxylic acids is 1. The predicted molar refractivity (Wildman–Crippen MR) is 46.4 cm³/mol. The summed E-state index contributed by atoms with van der Waals surface area (Å²) in [6.07, 6.45) is 1.02. The highest BCUT2D eigenvalue weighted by Gasteiger charge is 1.87. The number of hydrogen-bond acceptors (Lipinski definition) is 2. The Balaban J connectivity index is 0. The Morgan fingerprint density at radius 1 is 1.64 bits per heavy atom. The van der Waals surface area contributed by atoms with Gasteiger partial charge in [-0.2, -0.15) is 0 Å². The molecule has 0 rings (SSSR count). The van der Waals surface area contributed by atoms with Gasteiger partial charge in [0.2, 0.25) is 0 Å². The van der Waals surface area contributed by atoms with Crippen LogP contribution in [0, 0.1) is 0 Å². The first-order chi connectivity index (χ1) is 5.04. The van der Waals surface area contributed by atoms with Gasteiger partial charge in [0.1, 0.15) is 0 Å². The second-order valence-corrected chi connectivity index (χ2v) is 2.30. The molecule has 0 radical (unpaired) electrons. The molecule has 3 heteroatoms. The van der Waals surface area contributed by atoms with Gasteiger partial charge in [0.15, 0.2) is 0 Å². The summed E-state index contributed by atoms with van der Waals surface area (Å²) in [5, 5.41) is 7.91. The number of carboxylic acid groups (broad SMARTS) is 1. The monoisotopic (exact) mass is 159 g/mol. The summed E-state index contributed by atoms with van der Waals surface area (Å²) in [6, 6.07) is 0. The number of nitrogens with two attached hydrogens (primary N) is 1. The van der Waals surface area contributed by atoms with Gasteiger partial charge in [-0.15, -0.1) is 0 Å². The van der Waals surface area contributed by atoms with Gasteiger partial charge >= 0.3 is 5.97 Å². The molecule has 0 saturated heterocycles. The largest absolute Gasteiger partial charge is 0.481 e. The van der Waals surface area contributed by atoms with Gasteiger partial charge in [0, 0.05) is 13.0 Å². The molecule has 0 aromatic heterocycles. The van der Waals surface area contributed by atoms with Crippen LogP contribution in [0.2, 0.25) is 0 Å². The Kier molecular flexibility index (Phi) is 10.7. The second kappa shape index (κ2) is 9.17. The summed E-state index contributed by atoms with van der Waals surface area (Å²) >= 11 is 0. The molecule has 0 spiro atoms. The van der Waals surface area contributed by atoms with Gasteiger partial charge in [-0.3, -0.25) is 4.79 Å². The van der Waals surface area contributed by atoms with Crippen LogP contribution in [0.3, 0.4) is 0 Å². The Labute approximate surface area is 67.9 Å². The molecule has 0 aromatic rings. The minimum absolute atomic E-state index is 0.292. The van der Waals surface area contributed by atoms with Crippen molar-refractivity contribution in [2.45, 2.75) is 26.7 Å². The van der Waals surface area contributed by atoms with Crippen molar-refractivity contribution in [3.63, 3.8) is 0 Å². The molecular formula is C8H17NO2. The molecule has 0 heterocycles. The van der Waals surface area contributed by atoms with E-state index in [2.05, 4.69) is 6.58 Å². The van der Waals surface area contributed by atoms with Gasteiger partial charge in [-0.05, 0) is 13.3 Å². The second-order valence-electron chi connectivity index (χ2n) is 2.30. The van der Waals surface area contributed by atoms with Crippen molar-refractivity contribution in [1.29, 1.82) is 0 Å². The molecule has 0 aromatic carbocycles. The highest BCUT2D eigenvalue weighted by Crippen LogP contribution is 1.82. The van der Waals surface area contributed by atoms with Crippen LogP contribution in [0.4, 0.5) is 0 Å². The minimum Gasteiger partial charge on any atom is -0.481 e. The topological polar surface area (TPSA) is 63.3 Å². The van der Waals surface area contributed by atoms with E-state index in [4.69, 9.17) is 10.8 Å². The zero-order valence-electron chi connectivity index (χ0n) is 7.26. The fourth-order valence-electron chi connectivity index (χ4n) is 0.214. The van der Waals surface area contributed by atoms with E-state index in [0.29, 0.717) is 13.0 Å². The van der Waals surface area contributed by atoms with Crippen LogP contribution in [0.5, 0.6) is 0 Å². The average Bonchev–Trinajstić information content (AvgIpc) is 1.89. The van der Waals surface area contributed by atoms with Gasteiger partial charge in [0.05, 0.1) is 0 Å². The first-order valence-corrected chi connectivity index (χ1v) is 3.60. The lowest BCUT2D eigenvalue weighted by Crippen LogP contribution is -1.97. The van der Waals surface area contributed by atoms with Gasteiger partial charge in [-0.1, -0.05) is 19.1 Å². The molecule has 0 aliphatic heterocycles. The van der Waals surface area contributed by atoms with E-state index >= 15 is 0 Å². The summed E-state index contributed by atoms with van der Waals surface area (Å²) in [5.41, 5.74) is 6.10. The lowest BCUT2D eigenvalue weighted by atomic mass is 10.4. The Bertz CT molecular complexity index is 121. The third kappa shape index (κ3) is 27.1. The number of carboxylic acids is 1. The van der Waals surface area contributed by atoms with Gasteiger partial charge in [-0.25, -0.2) is 0 Å². The van der Waals surface area contributed by atoms with Crippen molar-refractivity contribution in [3.8, 4) is 0 Å². The van der Waals surface area contributed by atoms with Crippen LogP contribution in [0.15, 0.2) is 12.2 Å². The van der Waals surface area contributed by atoms with Crippen molar-refractivity contribution >= 4 is 5.97 Å². The number of rotatable bonds is 3. The van der Waals surface area contributed by atoms with Gasteiger partial charge < -0.3 is 10.8 Å². The number of hydrogen-bond donors (Lipinski definition) is 2. The smallest absolute Gasteiger partial charge is 0.303 e. The zero-order valence-corrected chi connectivity index (χ0v) is 7.26. The molecule has 0 amide bonds. The molecule has 3 nitrogen and oxygen atoms in total. The van der Waals surface area contributed by atoms with E-state index in [1.54, 1.807) is 0 Å². The molecule has 0 saturated carbocycles. The zero-order chi connectivity index (χ0) is 9.28. The van der Waals surface area contributed by atoms with Gasteiger partial charge in [0.25, 0.3) is 0 Å². The van der Waals surface area contributed by atoms with Crippen molar-refractivity contribution in [1.82, 2.24) is 0 Å². The molecule has 0 atom stereocenters. The van der Waals surface area contributed by atoms with Crippen LogP contribution in [0.1, 0.15) is 26.7 Å². The molecule has 0 unspecified atom stereocenters. The minimum atomic E-state index is -0.711. The highest BCUT2D eigenvalue weighted by molar-refractivity contribution is 5.66. The summed E-state index contributed by atoms with van der Waals surface area (Å²) < 4.78 is 0. The maximum atomic E-state index is 9.60. The molecule has 3 N–H and O–H groups in total. The fourth-order valence-corrected chi connectivity index (χ4v) is 0.214. The molecule has 0 aliphatic carbocycles. The summed E-state index contributed by atoms with van der Waals surface area (Å²) in [5.74, 6) is -0.711. The Morgan fingerprint density at radius 3 is 2.00 bits per heavy atom. The summed E-state index contributed by atoms with van der Waals surface area (Å²) in [4.78, 5) is 9.60. The van der Waals surface area contributed by atoms with E-state index in [9.17, 15) is 4.79 Å². The first kappa shape index (κ1) is 12.8. The third-order valence-corrected chi connectivity index (χ3v) is 0.812. The van der Waals surface area contributed by atoms with Crippen LogP contribution < -0.4 is 5.73 Å². The van der Waals surface area contributed by atoms with E-state index < -0.39 is 5.97 Å². The van der Waals surface area contributed by atoms with Crippen LogP contribution in [-0.2, 0) is 4.79 Å². The molecular weight excluding hydrogens is 142 g/mol. The summed E-state index contributed by atoms with van der Waals surface area (Å²) in [6.45, 7) is 7.90. The molecule has 0 fully saturated rings. The van der Waals surface area contributed by atoms with Crippen LogP contribution in [0.25, 0.3) is 0 Å². The SMILES string of the molecule is C=C(C)CN.CCCC(=O)O. The maximum absolute atomic E-state index is 9.60. The van der Waals surface area contributed by atoms with Crippen molar-refractivity contribution < 1.29 is 9.90 Å². The lowest BCUT2D eigenvalue weighted by Gasteiger charge is -1.80. The molecule has 0 bridgehead atoms. The standard InChI is InChI=1S/C4H9N.C4H8O2/c1-4(2)3-5;1-2-3-4(5)6/h1,3,5H2,2H3;2-3H2,1H3,(H,5,6). The van der Waals surface area contributed by atoms with Crippen molar-refractivity contribution in [3.05, 3.63) is 12.2 Å². The van der Waals surface area contributed by atoms with E-state index in [1.807, 2.05) is 13.8 Å². The normalized spacial score (nSPS) is 7.91. The Morgan fingerprint density at radius 2 is 2.00 bits per heavy atom. The van der Waals surface area contributed by atoms with Crippen molar-refractivity contribution in [2.24, 2.45) is 5.73 Å². The summed E-state index contributed by atoms with van der Waals surface area (Å²) in [7, 11) is 0. The molecule has 11 heavy (non-hydrogen) atoms. The Hall–Kier alpha value is -0.830. The lowest BCUT2D eigenvalue weighted by molar-refractivity contribution is -0.137. The van der Waals surface area contributed by atoms with Crippen molar-refractivity contribution in [2.75, 3.05) is 6.54 Å². The van der Waals surface area contributed by atoms with E-state index in [1.165, 1.54) is 0 Å². The predicted octanol–water partition coefficient (Wildman–Crippen LogP) is 1.39. The van der Waals surface area contributed by atoms with Crippen LogP contribution in [-0.4, -0.2) is 17.6 Å². The van der Waals surface area contributed by atoms with Crippen LogP contribution >= 0.6 is 0 Å². The van der Waals surface area contributed by atoms with E-state index in [0.717, 1.165) is 12.0 Å². The van der Waals surface area contributed by atoms with E-state index in [-0.39, 0.29) is 0 Å². The molecule has 0 aliphatic rings. The maximum Gasteiger partial charge on any atom is 0.303 e. The highest BCUT2D eigenvalue weighted by atomic mass is 16.4. The average molecular weight is 159 g/mol. The fraction of sp³-hybridized carbons (Fsp3) is 0.625.